The molecule has 1 aromatic heterocycles. The average molecular weight is 424 g/mol. The van der Waals surface area contributed by atoms with Crippen LogP contribution in [0.3, 0.4) is 0 Å². The number of hydrogen-bond acceptors (Lipinski definition) is 4. The van der Waals surface area contributed by atoms with Gasteiger partial charge in [-0.15, -0.1) is 0 Å². The molecule has 166 valence electrons. The van der Waals surface area contributed by atoms with Crippen LogP contribution in [0.25, 0.3) is 0 Å². The molecule has 1 atom stereocenters. The molecule has 1 aliphatic carbocycles. The first-order valence-electron chi connectivity index (χ1n) is 10.7. The molecule has 0 aromatic carbocycles. The molecule has 1 aromatic rings. The predicted molar refractivity (Wildman–Crippen MR) is 107 cm³/mol. The van der Waals surface area contributed by atoms with E-state index in [1.165, 1.54) is 0 Å². The molecule has 3 aliphatic rings. The zero-order chi connectivity index (χ0) is 21.8. The van der Waals surface area contributed by atoms with E-state index < -0.39 is 24.9 Å². The zero-order valence-corrected chi connectivity index (χ0v) is 18.2. The number of amides is 2. The summed E-state index contributed by atoms with van der Waals surface area (Å²) in [6.45, 7) is 4.88. The largest absolute Gasteiger partial charge is 0.344 e. The van der Waals surface area contributed by atoms with Crippen molar-refractivity contribution in [1.29, 1.82) is 0 Å². The Hall–Kier alpha value is -2.03. The lowest BCUT2D eigenvalue weighted by Gasteiger charge is -2.46. The van der Waals surface area contributed by atoms with Crippen LogP contribution in [0.4, 0.5) is 8.78 Å². The number of likely N-dealkylation sites (tertiary alicyclic amines) is 2. The maximum atomic E-state index is 14.2. The van der Waals surface area contributed by atoms with Gasteiger partial charge in [-0.05, 0) is 38.7 Å². The van der Waals surface area contributed by atoms with E-state index >= 15 is 0 Å². The molecule has 0 unspecified atom stereocenters. The lowest BCUT2D eigenvalue weighted by Crippen LogP contribution is -2.64. The normalized spacial score (nSPS) is 24.2. The van der Waals surface area contributed by atoms with Crippen LogP contribution >= 0.6 is 0 Å². The van der Waals surface area contributed by atoms with Gasteiger partial charge < -0.3 is 9.80 Å². The van der Waals surface area contributed by atoms with Crippen LogP contribution in [0.1, 0.15) is 36.2 Å². The molecule has 4 rings (SSSR count). The summed E-state index contributed by atoms with van der Waals surface area (Å²) >= 11 is 0. The van der Waals surface area contributed by atoms with Gasteiger partial charge in [0.15, 0.2) is 0 Å². The third-order valence-electron chi connectivity index (χ3n) is 6.89. The van der Waals surface area contributed by atoms with Crippen molar-refractivity contribution in [2.75, 3.05) is 33.2 Å². The van der Waals surface area contributed by atoms with Crippen LogP contribution in [0.15, 0.2) is 0 Å². The summed E-state index contributed by atoms with van der Waals surface area (Å²) in [6, 6.07) is -0.990. The van der Waals surface area contributed by atoms with Crippen molar-refractivity contribution < 1.29 is 18.4 Å². The third kappa shape index (κ3) is 3.96. The molecule has 9 heteroatoms. The summed E-state index contributed by atoms with van der Waals surface area (Å²) in [5.74, 6) is -2.87. The van der Waals surface area contributed by atoms with Crippen LogP contribution < -0.4 is 0 Å². The van der Waals surface area contributed by atoms with Gasteiger partial charge in [-0.2, -0.15) is 5.10 Å². The smallest absolute Gasteiger partial charge is 0.262 e. The standard InChI is InChI=1S/C21H31F2N5O2/c1-13-17(14(2)26(4)24-13)7-8-25(3)20(30)18-9-21(22,23)12-28(18)16-10-27(11-16)19(29)15-5-6-15/h15-16,18H,5-12H2,1-4H3/t18-/m0/s1. The summed E-state index contributed by atoms with van der Waals surface area (Å²) in [5.41, 5.74) is 3.08. The number of hydrogen-bond donors (Lipinski definition) is 0. The number of rotatable bonds is 6. The highest BCUT2D eigenvalue weighted by Gasteiger charge is 2.53. The van der Waals surface area contributed by atoms with Crippen molar-refractivity contribution in [2.24, 2.45) is 13.0 Å². The van der Waals surface area contributed by atoms with Crippen molar-refractivity contribution in [1.82, 2.24) is 24.5 Å². The van der Waals surface area contributed by atoms with Gasteiger partial charge in [0.25, 0.3) is 5.92 Å². The van der Waals surface area contributed by atoms with Gasteiger partial charge in [0.2, 0.25) is 11.8 Å². The van der Waals surface area contributed by atoms with Gasteiger partial charge in [-0.25, -0.2) is 8.78 Å². The van der Waals surface area contributed by atoms with Crippen LogP contribution in [-0.4, -0.2) is 87.5 Å². The van der Waals surface area contributed by atoms with Crippen molar-refractivity contribution >= 4 is 11.8 Å². The van der Waals surface area contributed by atoms with Crippen LogP contribution in [-0.2, 0) is 23.1 Å². The van der Waals surface area contributed by atoms with E-state index in [1.54, 1.807) is 21.7 Å². The molecular formula is C21H31F2N5O2. The summed E-state index contributed by atoms with van der Waals surface area (Å²) in [4.78, 5) is 30.2. The van der Waals surface area contributed by atoms with Crippen molar-refractivity contribution in [3.8, 4) is 0 Å². The fraction of sp³-hybridized carbons (Fsp3) is 0.762. The van der Waals surface area contributed by atoms with Gasteiger partial charge >= 0.3 is 0 Å². The molecule has 1 saturated carbocycles. The van der Waals surface area contributed by atoms with E-state index in [2.05, 4.69) is 5.10 Å². The van der Waals surface area contributed by atoms with Gasteiger partial charge in [0.1, 0.15) is 0 Å². The first-order chi connectivity index (χ1) is 14.1. The molecule has 0 spiro atoms. The van der Waals surface area contributed by atoms with E-state index in [1.807, 2.05) is 25.6 Å². The molecule has 2 amide bonds. The number of nitrogens with zero attached hydrogens (tertiary/aromatic N) is 5. The summed E-state index contributed by atoms with van der Waals surface area (Å²) in [7, 11) is 3.57. The Morgan fingerprint density at radius 2 is 1.90 bits per heavy atom. The molecule has 3 fully saturated rings. The van der Waals surface area contributed by atoms with Gasteiger partial charge in [-0.3, -0.25) is 19.2 Å². The summed E-state index contributed by atoms with van der Waals surface area (Å²) < 4.78 is 30.3. The highest BCUT2D eigenvalue weighted by molar-refractivity contribution is 5.83. The van der Waals surface area contributed by atoms with Crippen molar-refractivity contribution in [2.45, 2.75) is 57.5 Å². The summed E-state index contributed by atoms with van der Waals surface area (Å²) in [5, 5.41) is 4.40. The second-order valence-electron chi connectivity index (χ2n) is 9.20. The molecule has 30 heavy (non-hydrogen) atoms. The second-order valence-corrected chi connectivity index (χ2v) is 9.20. The SMILES string of the molecule is Cc1nn(C)c(C)c1CCN(C)C(=O)[C@@H]1CC(F)(F)CN1C1CN(C(=O)C2CC2)C1. The molecule has 0 radical (unpaired) electrons. The number of likely N-dealkylation sites (N-methyl/N-ethyl adjacent to an activating group) is 1. The van der Waals surface area contributed by atoms with Crippen LogP contribution in [0, 0.1) is 19.8 Å². The highest BCUT2D eigenvalue weighted by atomic mass is 19.3. The Morgan fingerprint density at radius 3 is 2.47 bits per heavy atom. The fourth-order valence-electron chi connectivity index (χ4n) is 4.71. The number of carbonyl (C=O) groups excluding carboxylic acids is 2. The van der Waals surface area contributed by atoms with Crippen LogP contribution in [0.2, 0.25) is 0 Å². The topological polar surface area (TPSA) is 61.7 Å². The minimum Gasteiger partial charge on any atom is -0.344 e. The van der Waals surface area contributed by atoms with E-state index in [0.29, 0.717) is 26.1 Å². The molecule has 7 nitrogen and oxygen atoms in total. The maximum Gasteiger partial charge on any atom is 0.262 e. The zero-order valence-electron chi connectivity index (χ0n) is 18.2. The van der Waals surface area contributed by atoms with Gasteiger partial charge in [0, 0.05) is 57.8 Å². The molecular weight excluding hydrogens is 392 g/mol. The minimum atomic E-state index is -2.88. The number of aryl methyl sites for hydroxylation is 2. The Bertz CT molecular complexity index is 845. The molecule has 3 heterocycles. The number of alkyl halides is 2. The lowest BCUT2D eigenvalue weighted by molar-refractivity contribution is -0.143. The Morgan fingerprint density at radius 1 is 1.23 bits per heavy atom. The minimum absolute atomic E-state index is 0.133. The van der Waals surface area contributed by atoms with E-state index in [-0.39, 0.29) is 23.8 Å². The van der Waals surface area contributed by atoms with Gasteiger partial charge in [-0.1, -0.05) is 0 Å². The Balaban J connectivity index is 1.37. The predicted octanol–water partition coefficient (Wildman–Crippen LogP) is 1.37. The van der Waals surface area contributed by atoms with Gasteiger partial charge in [0.05, 0.1) is 18.3 Å². The number of halogens is 2. The maximum absolute atomic E-state index is 14.2. The molecule has 0 bridgehead atoms. The third-order valence-corrected chi connectivity index (χ3v) is 6.89. The lowest BCUT2D eigenvalue weighted by atomic mass is 10.0. The first-order valence-corrected chi connectivity index (χ1v) is 10.7. The first kappa shape index (κ1) is 21.2. The number of carbonyl (C=O) groups is 2. The van der Waals surface area contributed by atoms with E-state index in [4.69, 9.17) is 0 Å². The van der Waals surface area contributed by atoms with Crippen molar-refractivity contribution in [3.05, 3.63) is 17.0 Å². The van der Waals surface area contributed by atoms with E-state index in [0.717, 1.165) is 29.8 Å². The average Bonchev–Trinajstić information content (AvgIpc) is 3.39. The van der Waals surface area contributed by atoms with Crippen LogP contribution in [0.5, 0.6) is 0 Å². The molecule has 2 saturated heterocycles. The molecule has 0 N–H and O–H groups in total. The fourth-order valence-corrected chi connectivity index (χ4v) is 4.71. The quantitative estimate of drug-likeness (QED) is 0.694. The number of aromatic nitrogens is 2. The monoisotopic (exact) mass is 423 g/mol. The Kier molecular flexibility index (Phi) is 5.36. The second kappa shape index (κ2) is 7.59. The van der Waals surface area contributed by atoms with E-state index in [9.17, 15) is 18.4 Å². The Labute approximate surface area is 176 Å². The summed E-state index contributed by atoms with van der Waals surface area (Å²) in [6.07, 6.45) is 2.06. The van der Waals surface area contributed by atoms with Crippen molar-refractivity contribution in [3.63, 3.8) is 0 Å². The molecule has 2 aliphatic heterocycles. The highest BCUT2D eigenvalue weighted by Crippen LogP contribution is 2.38.